The quantitative estimate of drug-likeness (QED) is 0.157. The first-order valence-electron chi connectivity index (χ1n) is 19.0. The first-order valence-corrected chi connectivity index (χ1v) is 19.0. The Morgan fingerprint density at radius 1 is 0.500 bits per heavy atom. The van der Waals surface area contributed by atoms with Gasteiger partial charge >= 0.3 is 0 Å². The van der Waals surface area contributed by atoms with Crippen molar-refractivity contribution >= 4 is 22.6 Å². The van der Waals surface area contributed by atoms with Crippen molar-refractivity contribution in [1.82, 2.24) is 0 Å². The molecule has 7 aromatic rings. The van der Waals surface area contributed by atoms with Crippen LogP contribution in [0.1, 0.15) is 54.2 Å². The number of nitrogens with zero attached hydrogens (tertiary/aromatic N) is 1. The fourth-order valence-electron chi connectivity index (χ4n) is 9.92. The van der Waals surface area contributed by atoms with E-state index in [-0.39, 0.29) is 5.41 Å². The summed E-state index contributed by atoms with van der Waals surface area (Å²) in [5.74, 6) is 0. The summed E-state index contributed by atoms with van der Waals surface area (Å²) in [6.45, 7) is 11.1. The molecule has 1 atom stereocenters. The summed E-state index contributed by atoms with van der Waals surface area (Å²) < 4.78 is 0. The summed E-state index contributed by atoms with van der Waals surface area (Å²) in [5, 5.41) is 0. The molecule has 0 aliphatic heterocycles. The molecule has 0 heterocycles. The fourth-order valence-corrected chi connectivity index (χ4v) is 9.92. The van der Waals surface area contributed by atoms with E-state index >= 15 is 0 Å². The highest BCUT2D eigenvalue weighted by atomic mass is 15.1. The van der Waals surface area contributed by atoms with Gasteiger partial charge in [-0.2, -0.15) is 0 Å². The van der Waals surface area contributed by atoms with E-state index in [1.54, 1.807) is 0 Å². The Labute approximate surface area is 318 Å². The van der Waals surface area contributed by atoms with Crippen LogP contribution < -0.4 is 4.90 Å². The van der Waals surface area contributed by atoms with Crippen molar-refractivity contribution in [3.8, 4) is 33.4 Å². The van der Waals surface area contributed by atoms with Crippen molar-refractivity contribution in [3.63, 3.8) is 0 Å². The number of hydrogen-bond donors (Lipinski definition) is 0. The Hall–Kier alpha value is -6.44. The molecule has 1 nitrogen and oxygen atoms in total. The summed E-state index contributed by atoms with van der Waals surface area (Å²) in [4.78, 5) is 2.52. The number of hydrogen-bond acceptors (Lipinski definition) is 1. The van der Waals surface area contributed by atoms with Gasteiger partial charge in [0.25, 0.3) is 0 Å². The minimum Gasteiger partial charge on any atom is -0.310 e. The predicted molar refractivity (Wildman–Crippen MR) is 228 cm³/mol. The second-order valence-electron chi connectivity index (χ2n) is 15.3. The van der Waals surface area contributed by atoms with Gasteiger partial charge in [0.15, 0.2) is 0 Å². The zero-order valence-electron chi connectivity index (χ0n) is 31.0. The normalized spacial score (nSPS) is 16.9. The highest BCUT2D eigenvalue weighted by Gasteiger charge is 2.53. The Bertz CT molecular complexity index is 2710. The first kappa shape index (κ1) is 32.2. The molecule has 1 heteroatoms. The lowest BCUT2D eigenvalue weighted by Gasteiger charge is -2.36. The molecule has 0 aromatic heterocycles. The maximum absolute atomic E-state index is 4.03. The molecule has 0 saturated heterocycles. The van der Waals surface area contributed by atoms with Crippen molar-refractivity contribution < 1.29 is 0 Å². The SMILES string of the molecule is C=C/C=C\C1=C(C)C2(c3ccccc31)c1ccccc1-c1cccc(N(c3ccc(-c4ccccc4)cc3)c3ccc4c(c3)C(C)(C)c3ccccc3-4)c12. The number of allylic oxidation sites excluding steroid dienone is 5. The zero-order valence-corrected chi connectivity index (χ0v) is 31.0. The molecule has 10 rings (SSSR count). The van der Waals surface area contributed by atoms with Gasteiger partial charge < -0.3 is 4.90 Å². The third kappa shape index (κ3) is 4.39. The molecular weight excluding hydrogens is 651 g/mol. The monoisotopic (exact) mass is 691 g/mol. The van der Waals surface area contributed by atoms with Gasteiger partial charge in [-0.15, -0.1) is 0 Å². The Kier molecular flexibility index (Phi) is 7.19. The van der Waals surface area contributed by atoms with Crippen LogP contribution in [-0.4, -0.2) is 0 Å². The molecule has 0 saturated carbocycles. The van der Waals surface area contributed by atoms with Gasteiger partial charge in [0.05, 0.1) is 11.1 Å². The molecule has 3 aliphatic carbocycles. The van der Waals surface area contributed by atoms with Crippen LogP contribution in [0.4, 0.5) is 17.1 Å². The second kappa shape index (κ2) is 12.0. The second-order valence-corrected chi connectivity index (χ2v) is 15.3. The lowest BCUT2D eigenvalue weighted by molar-refractivity contribution is 0.660. The predicted octanol–water partition coefficient (Wildman–Crippen LogP) is 14.0. The molecule has 258 valence electrons. The van der Waals surface area contributed by atoms with Gasteiger partial charge in [-0.1, -0.05) is 172 Å². The van der Waals surface area contributed by atoms with E-state index in [1.807, 2.05) is 6.08 Å². The van der Waals surface area contributed by atoms with E-state index < -0.39 is 5.41 Å². The Morgan fingerprint density at radius 3 is 1.78 bits per heavy atom. The molecule has 0 bridgehead atoms. The highest BCUT2D eigenvalue weighted by molar-refractivity contribution is 6.00. The smallest absolute Gasteiger partial charge is 0.0706 e. The van der Waals surface area contributed by atoms with Crippen LogP contribution in [0.3, 0.4) is 0 Å². The van der Waals surface area contributed by atoms with E-state index in [2.05, 4.69) is 208 Å². The minimum absolute atomic E-state index is 0.128. The summed E-state index contributed by atoms with van der Waals surface area (Å²) in [5.41, 5.74) is 21.1. The largest absolute Gasteiger partial charge is 0.310 e. The van der Waals surface area contributed by atoms with Crippen molar-refractivity contribution in [2.75, 3.05) is 4.90 Å². The standard InChI is InChI=1S/C53H41N/c1-5-6-19-40-35(2)53(47-25-14-11-20-41(40)47)48-26-15-12-22-43(48)45-23-16-27-50(51(45)53)54(38-30-28-37(29-31-38)36-17-8-7-9-18-36)39-32-33-44-42-21-10-13-24-46(42)52(3,4)49(44)34-39/h5-34H,1H2,2-4H3/b19-6-. The van der Waals surface area contributed by atoms with Crippen LogP contribution >= 0.6 is 0 Å². The lowest BCUT2D eigenvalue weighted by Crippen LogP contribution is -2.28. The van der Waals surface area contributed by atoms with Crippen molar-refractivity contribution in [2.45, 2.75) is 31.6 Å². The molecule has 1 unspecified atom stereocenters. The number of rotatable bonds is 6. The van der Waals surface area contributed by atoms with Gasteiger partial charge in [-0.05, 0) is 110 Å². The molecule has 0 radical (unpaired) electrons. The summed E-state index contributed by atoms with van der Waals surface area (Å²) in [6, 6.07) is 60.9. The molecule has 54 heavy (non-hydrogen) atoms. The molecule has 0 N–H and O–H groups in total. The van der Waals surface area contributed by atoms with Crippen LogP contribution in [0.25, 0.3) is 39.0 Å². The number of benzene rings is 7. The van der Waals surface area contributed by atoms with Gasteiger partial charge in [-0.25, -0.2) is 0 Å². The molecule has 1 spiro atoms. The van der Waals surface area contributed by atoms with Crippen LogP contribution in [0.5, 0.6) is 0 Å². The van der Waals surface area contributed by atoms with Crippen LogP contribution in [0.2, 0.25) is 0 Å². The fraction of sp³-hybridized carbons (Fsp3) is 0.0943. The summed E-state index contributed by atoms with van der Waals surface area (Å²) >= 11 is 0. The summed E-state index contributed by atoms with van der Waals surface area (Å²) in [6.07, 6.45) is 6.21. The van der Waals surface area contributed by atoms with Gasteiger partial charge in [-0.3, -0.25) is 0 Å². The van der Waals surface area contributed by atoms with Crippen molar-refractivity contribution in [2.24, 2.45) is 0 Å². The lowest BCUT2D eigenvalue weighted by atomic mass is 9.69. The van der Waals surface area contributed by atoms with Crippen LogP contribution in [-0.2, 0) is 10.8 Å². The third-order valence-electron chi connectivity index (χ3n) is 12.3. The van der Waals surface area contributed by atoms with E-state index in [4.69, 9.17) is 0 Å². The van der Waals surface area contributed by atoms with E-state index in [1.165, 1.54) is 83.6 Å². The van der Waals surface area contributed by atoms with Crippen molar-refractivity contribution in [3.05, 3.63) is 228 Å². The average Bonchev–Trinajstić information content (AvgIpc) is 3.75. The maximum atomic E-state index is 4.03. The highest BCUT2D eigenvalue weighted by Crippen LogP contribution is 2.64. The maximum Gasteiger partial charge on any atom is 0.0706 e. The zero-order chi connectivity index (χ0) is 36.6. The molecule has 0 fully saturated rings. The molecular formula is C53H41N. The average molecular weight is 692 g/mol. The molecule has 0 amide bonds. The summed E-state index contributed by atoms with van der Waals surface area (Å²) in [7, 11) is 0. The van der Waals surface area contributed by atoms with Gasteiger partial charge in [0.1, 0.15) is 0 Å². The van der Waals surface area contributed by atoms with Crippen LogP contribution in [0.15, 0.2) is 194 Å². The molecule has 7 aromatic carbocycles. The number of fused-ring (bicyclic) bond motifs is 10. The minimum atomic E-state index is -0.478. The van der Waals surface area contributed by atoms with Crippen LogP contribution in [0, 0.1) is 0 Å². The third-order valence-corrected chi connectivity index (χ3v) is 12.3. The van der Waals surface area contributed by atoms with Crippen molar-refractivity contribution in [1.29, 1.82) is 0 Å². The van der Waals surface area contributed by atoms with Gasteiger partial charge in [0.2, 0.25) is 0 Å². The molecule has 3 aliphatic rings. The van der Waals surface area contributed by atoms with E-state index in [9.17, 15) is 0 Å². The first-order chi connectivity index (χ1) is 26.4. The Morgan fingerprint density at radius 2 is 1.06 bits per heavy atom. The van der Waals surface area contributed by atoms with E-state index in [0.717, 1.165) is 11.4 Å². The number of anilines is 3. The topological polar surface area (TPSA) is 3.24 Å². The van der Waals surface area contributed by atoms with E-state index in [0.29, 0.717) is 0 Å². The van der Waals surface area contributed by atoms with Gasteiger partial charge in [0, 0.05) is 22.4 Å². The Balaban J connectivity index is 1.27.